The number of rotatable bonds is 1. The molecule has 2 aromatic rings. The predicted molar refractivity (Wildman–Crippen MR) is 71.1 cm³/mol. The van der Waals surface area contributed by atoms with Gasteiger partial charge in [0.05, 0.1) is 6.54 Å². The van der Waals surface area contributed by atoms with Gasteiger partial charge in [0.2, 0.25) is 0 Å². The fourth-order valence-corrected chi connectivity index (χ4v) is 3.05. The summed E-state index contributed by atoms with van der Waals surface area (Å²) in [5, 5.41) is 3.42. The third kappa shape index (κ3) is 1.94. The summed E-state index contributed by atoms with van der Waals surface area (Å²) >= 11 is 3.63. The quantitative estimate of drug-likeness (QED) is 0.869. The topological polar surface area (TPSA) is 25.2 Å². The number of hydrogen-bond donors (Lipinski definition) is 1. The van der Waals surface area contributed by atoms with Gasteiger partial charge in [-0.3, -0.25) is 0 Å². The van der Waals surface area contributed by atoms with Gasteiger partial charge >= 0.3 is 0 Å². The van der Waals surface area contributed by atoms with Crippen molar-refractivity contribution in [1.29, 1.82) is 0 Å². The lowest BCUT2D eigenvalue weighted by Gasteiger charge is -2.23. The van der Waals surface area contributed by atoms with E-state index in [4.69, 9.17) is 4.42 Å². The summed E-state index contributed by atoms with van der Waals surface area (Å²) in [6, 6.07) is 10.6. The molecule has 1 unspecified atom stereocenters. The molecule has 0 saturated carbocycles. The van der Waals surface area contributed by atoms with Gasteiger partial charge in [-0.15, -0.1) is 0 Å². The summed E-state index contributed by atoms with van der Waals surface area (Å²) in [4.78, 5) is 0. The maximum atomic E-state index is 5.72. The Hall–Kier alpha value is -1.06. The van der Waals surface area contributed by atoms with Crippen LogP contribution in [0.3, 0.4) is 0 Å². The second-order valence-electron chi connectivity index (χ2n) is 4.44. The summed E-state index contributed by atoms with van der Waals surface area (Å²) in [6.45, 7) is 3.81. The molecule has 2 heterocycles. The van der Waals surface area contributed by atoms with E-state index in [-0.39, 0.29) is 0 Å². The van der Waals surface area contributed by atoms with Crippen molar-refractivity contribution in [2.24, 2.45) is 0 Å². The van der Waals surface area contributed by atoms with Gasteiger partial charge in [-0.05, 0) is 24.6 Å². The first-order valence-corrected chi connectivity index (χ1v) is 6.59. The summed E-state index contributed by atoms with van der Waals surface area (Å²) in [5.74, 6) is 2.46. The van der Waals surface area contributed by atoms with Crippen molar-refractivity contribution in [3.05, 3.63) is 57.5 Å². The van der Waals surface area contributed by atoms with Crippen LogP contribution in [0, 0.1) is 6.92 Å². The van der Waals surface area contributed by atoms with E-state index in [0.29, 0.717) is 5.92 Å². The van der Waals surface area contributed by atoms with Gasteiger partial charge in [-0.2, -0.15) is 0 Å². The number of nitrogens with one attached hydrogen (secondary N) is 1. The van der Waals surface area contributed by atoms with Crippen LogP contribution in [0.15, 0.2) is 39.2 Å². The molecule has 0 saturated heterocycles. The monoisotopic (exact) mass is 291 g/mol. The molecule has 1 aliphatic heterocycles. The Labute approximate surface area is 109 Å². The largest absolute Gasteiger partial charge is 0.465 e. The van der Waals surface area contributed by atoms with E-state index in [9.17, 15) is 0 Å². The van der Waals surface area contributed by atoms with E-state index in [1.54, 1.807) is 0 Å². The molecule has 0 spiro atoms. The van der Waals surface area contributed by atoms with E-state index in [2.05, 4.69) is 45.5 Å². The van der Waals surface area contributed by atoms with Gasteiger partial charge in [0, 0.05) is 22.5 Å². The molecule has 3 heteroatoms. The second-order valence-corrected chi connectivity index (χ2v) is 5.29. The average Bonchev–Trinajstić information content (AvgIpc) is 2.70. The Kier molecular flexibility index (Phi) is 2.81. The molecule has 1 N–H and O–H groups in total. The number of hydrogen-bond acceptors (Lipinski definition) is 2. The smallest absolute Gasteiger partial charge is 0.121 e. The number of fused-ring (bicyclic) bond motifs is 1. The van der Waals surface area contributed by atoms with Crippen LogP contribution < -0.4 is 5.32 Å². The maximum absolute atomic E-state index is 5.72. The minimum atomic E-state index is 0.381. The molecule has 1 aliphatic rings. The zero-order valence-electron chi connectivity index (χ0n) is 9.66. The van der Waals surface area contributed by atoms with Crippen molar-refractivity contribution in [3.8, 4) is 0 Å². The summed E-state index contributed by atoms with van der Waals surface area (Å²) in [6.07, 6.45) is 0. The fourth-order valence-electron chi connectivity index (χ4n) is 2.49. The molecule has 1 aromatic heterocycles. The molecule has 1 aromatic carbocycles. The van der Waals surface area contributed by atoms with Crippen LogP contribution in [0.5, 0.6) is 0 Å². The van der Waals surface area contributed by atoms with Crippen LogP contribution in [0.1, 0.15) is 28.6 Å². The van der Waals surface area contributed by atoms with E-state index in [0.717, 1.165) is 24.6 Å². The first kappa shape index (κ1) is 11.1. The summed E-state index contributed by atoms with van der Waals surface area (Å²) in [7, 11) is 0. The van der Waals surface area contributed by atoms with Gasteiger partial charge in [-0.1, -0.05) is 34.1 Å². The molecule has 3 rings (SSSR count). The first-order valence-electron chi connectivity index (χ1n) is 5.80. The number of aryl methyl sites for hydroxylation is 1. The number of halogens is 1. The molecule has 0 bridgehead atoms. The van der Waals surface area contributed by atoms with E-state index in [1.807, 2.05) is 13.0 Å². The summed E-state index contributed by atoms with van der Waals surface area (Å²) < 4.78 is 6.89. The molecular formula is C14H14BrNO. The van der Waals surface area contributed by atoms with Crippen LogP contribution in [0.25, 0.3) is 0 Å². The minimum Gasteiger partial charge on any atom is -0.465 e. The highest BCUT2D eigenvalue weighted by molar-refractivity contribution is 9.10. The van der Waals surface area contributed by atoms with Crippen LogP contribution in [-0.2, 0) is 6.54 Å². The molecule has 17 heavy (non-hydrogen) atoms. The maximum Gasteiger partial charge on any atom is 0.121 e. The Bertz CT molecular complexity index is 547. The molecule has 0 radical (unpaired) electrons. The van der Waals surface area contributed by atoms with Gasteiger partial charge < -0.3 is 9.73 Å². The lowest BCUT2D eigenvalue weighted by Crippen LogP contribution is -2.27. The zero-order valence-corrected chi connectivity index (χ0v) is 11.3. The van der Waals surface area contributed by atoms with Crippen LogP contribution in [0.4, 0.5) is 0 Å². The second kappa shape index (κ2) is 4.31. The molecule has 88 valence electrons. The van der Waals surface area contributed by atoms with E-state index >= 15 is 0 Å². The number of benzene rings is 1. The van der Waals surface area contributed by atoms with E-state index in [1.165, 1.54) is 15.6 Å². The van der Waals surface area contributed by atoms with Gasteiger partial charge in [0.1, 0.15) is 11.5 Å². The normalized spacial score (nSPS) is 19.1. The van der Waals surface area contributed by atoms with Crippen molar-refractivity contribution >= 4 is 15.9 Å². The van der Waals surface area contributed by atoms with Crippen LogP contribution in [-0.4, -0.2) is 6.54 Å². The van der Waals surface area contributed by atoms with Crippen LogP contribution in [0.2, 0.25) is 0 Å². The average molecular weight is 292 g/mol. The van der Waals surface area contributed by atoms with Crippen molar-refractivity contribution in [2.75, 3.05) is 6.54 Å². The zero-order chi connectivity index (χ0) is 11.8. The molecule has 2 nitrogen and oxygen atoms in total. The standard InChI is InChI=1S/C14H14BrNO/c1-9-6-11-12(7-16-8-14(11)17-9)10-4-2-3-5-13(10)15/h2-6,12,16H,7-8H2,1H3. The van der Waals surface area contributed by atoms with Crippen molar-refractivity contribution in [2.45, 2.75) is 19.4 Å². The molecule has 0 fully saturated rings. The highest BCUT2D eigenvalue weighted by atomic mass is 79.9. The summed E-state index contributed by atoms with van der Waals surface area (Å²) in [5.41, 5.74) is 2.65. The lowest BCUT2D eigenvalue weighted by molar-refractivity contribution is 0.435. The van der Waals surface area contributed by atoms with Gasteiger partial charge in [-0.25, -0.2) is 0 Å². The highest BCUT2D eigenvalue weighted by Crippen LogP contribution is 2.35. The molecular weight excluding hydrogens is 278 g/mol. The molecule has 1 atom stereocenters. The SMILES string of the molecule is Cc1cc2c(o1)CNCC2c1ccccc1Br. The Morgan fingerprint density at radius 2 is 2.12 bits per heavy atom. The van der Waals surface area contributed by atoms with Crippen molar-refractivity contribution in [3.63, 3.8) is 0 Å². The third-order valence-corrected chi connectivity index (χ3v) is 3.98. The first-order chi connectivity index (χ1) is 8.25. The van der Waals surface area contributed by atoms with Crippen molar-refractivity contribution < 1.29 is 4.42 Å². The number of furan rings is 1. The Morgan fingerprint density at radius 3 is 2.94 bits per heavy atom. The van der Waals surface area contributed by atoms with Crippen molar-refractivity contribution in [1.82, 2.24) is 5.32 Å². The highest BCUT2D eigenvalue weighted by Gasteiger charge is 2.25. The van der Waals surface area contributed by atoms with Gasteiger partial charge in [0.25, 0.3) is 0 Å². The lowest BCUT2D eigenvalue weighted by atomic mass is 9.89. The predicted octanol–water partition coefficient (Wildman–Crippen LogP) is 3.59. The molecule has 0 amide bonds. The molecule has 0 aliphatic carbocycles. The van der Waals surface area contributed by atoms with Crippen LogP contribution >= 0.6 is 15.9 Å². The van der Waals surface area contributed by atoms with E-state index < -0.39 is 0 Å². The minimum absolute atomic E-state index is 0.381. The van der Waals surface area contributed by atoms with Gasteiger partial charge in [0.15, 0.2) is 0 Å². The fraction of sp³-hybridized carbons (Fsp3) is 0.286. The Morgan fingerprint density at radius 1 is 1.29 bits per heavy atom. The third-order valence-electron chi connectivity index (χ3n) is 3.26. The Balaban J connectivity index is 2.09.